The van der Waals surface area contributed by atoms with E-state index in [-0.39, 0.29) is 36.0 Å². The Morgan fingerprint density at radius 2 is 2.07 bits per heavy atom. The second kappa shape index (κ2) is 8.65. The van der Waals surface area contributed by atoms with Crippen LogP contribution in [0.15, 0.2) is 18.2 Å². The van der Waals surface area contributed by atoms with E-state index in [2.05, 4.69) is 15.5 Å². The number of fused-ring (bicyclic) bond motifs is 1. The number of aryl methyl sites for hydroxylation is 1. The molecule has 3 fully saturated rings. The van der Waals surface area contributed by atoms with E-state index in [0.29, 0.717) is 5.92 Å². The molecular weight excluding hydrogens is 380 g/mol. The van der Waals surface area contributed by atoms with Crippen LogP contribution in [0.4, 0.5) is 5.69 Å². The van der Waals surface area contributed by atoms with Gasteiger partial charge in [0, 0.05) is 38.9 Å². The van der Waals surface area contributed by atoms with Gasteiger partial charge in [0.05, 0.1) is 12.0 Å². The van der Waals surface area contributed by atoms with Crippen molar-refractivity contribution in [3.05, 3.63) is 29.3 Å². The summed E-state index contributed by atoms with van der Waals surface area (Å²) in [6.45, 7) is 3.85. The van der Waals surface area contributed by atoms with Crippen molar-refractivity contribution < 1.29 is 14.3 Å². The van der Waals surface area contributed by atoms with Gasteiger partial charge >= 0.3 is 0 Å². The number of hydrogen-bond acceptors (Lipinski definition) is 5. The van der Waals surface area contributed by atoms with Crippen molar-refractivity contribution in [2.24, 2.45) is 5.92 Å². The normalized spacial score (nSPS) is 32.2. The van der Waals surface area contributed by atoms with Gasteiger partial charge in [-0.25, -0.2) is 0 Å². The molecule has 0 spiro atoms. The highest BCUT2D eigenvalue weighted by Gasteiger charge is 2.43. The van der Waals surface area contributed by atoms with Crippen LogP contribution in [0.5, 0.6) is 0 Å². The first-order valence-corrected chi connectivity index (χ1v) is 11.0. The third-order valence-corrected chi connectivity index (χ3v) is 7.32. The van der Waals surface area contributed by atoms with Gasteiger partial charge in [0.25, 0.3) is 0 Å². The molecule has 0 saturated carbocycles. The zero-order valence-electron chi connectivity index (χ0n) is 18.5. The molecule has 0 aliphatic carbocycles. The van der Waals surface area contributed by atoms with Crippen molar-refractivity contribution in [2.75, 3.05) is 39.6 Å². The quantitative estimate of drug-likeness (QED) is 0.788. The Labute approximate surface area is 179 Å². The van der Waals surface area contributed by atoms with E-state index in [1.54, 1.807) is 7.11 Å². The number of ether oxygens (including phenoxy) is 1. The summed E-state index contributed by atoms with van der Waals surface area (Å²) in [4.78, 5) is 30.0. The first-order chi connectivity index (χ1) is 14.4. The van der Waals surface area contributed by atoms with E-state index in [1.165, 1.54) is 0 Å². The minimum atomic E-state index is -0.178. The molecule has 164 valence electrons. The molecular formula is C23H34N4O3. The van der Waals surface area contributed by atoms with Crippen LogP contribution in [0.1, 0.15) is 42.7 Å². The van der Waals surface area contributed by atoms with Gasteiger partial charge < -0.3 is 15.0 Å². The number of nitrogens with zero attached hydrogens (tertiary/aromatic N) is 2. The zero-order chi connectivity index (χ0) is 21.4. The number of nitrogens with one attached hydrogen (secondary N) is 2. The number of likely N-dealkylation sites (N-methyl/N-ethyl adjacent to an activating group) is 2. The summed E-state index contributed by atoms with van der Waals surface area (Å²) >= 11 is 0. The molecule has 2 amide bonds. The molecule has 3 aliphatic heterocycles. The predicted molar refractivity (Wildman–Crippen MR) is 116 cm³/mol. The van der Waals surface area contributed by atoms with E-state index < -0.39 is 0 Å². The van der Waals surface area contributed by atoms with Crippen molar-refractivity contribution >= 4 is 17.5 Å². The largest absolute Gasteiger partial charge is 0.367 e. The maximum Gasteiger partial charge on any atom is 0.241 e. The molecule has 3 heterocycles. The van der Waals surface area contributed by atoms with Crippen molar-refractivity contribution in [3.63, 3.8) is 0 Å². The highest BCUT2D eigenvalue weighted by molar-refractivity contribution is 5.95. The Bertz CT molecular complexity index is 814. The number of methoxy groups -OCH3 is 1. The standard InChI is InChI=1S/C23H34N4O3/c1-14-7-8-16(25-22(28)19-6-5-9-26(19)2)11-17(14)18-10-15-13-24-21(30-4)12-20(15)27(3)23(18)29/h7-8,11,15,18-21,24H,5-6,9-10,12-13H2,1-4H3,(H,25,28). The molecule has 0 aromatic heterocycles. The van der Waals surface area contributed by atoms with Crippen LogP contribution in [-0.2, 0) is 14.3 Å². The summed E-state index contributed by atoms with van der Waals surface area (Å²) in [5.41, 5.74) is 2.89. The maximum absolute atomic E-state index is 13.3. The van der Waals surface area contributed by atoms with E-state index in [0.717, 1.165) is 55.6 Å². The number of piperidine rings is 2. The molecule has 3 saturated heterocycles. The lowest BCUT2D eigenvalue weighted by Gasteiger charge is -2.47. The van der Waals surface area contributed by atoms with Crippen LogP contribution in [0.2, 0.25) is 0 Å². The van der Waals surface area contributed by atoms with Gasteiger partial charge in [-0.3, -0.25) is 19.8 Å². The Kier molecular flexibility index (Phi) is 6.14. The average Bonchev–Trinajstić information content (AvgIpc) is 3.18. The zero-order valence-corrected chi connectivity index (χ0v) is 18.5. The fourth-order valence-electron chi connectivity index (χ4n) is 5.44. The van der Waals surface area contributed by atoms with Gasteiger partial charge in [-0.05, 0) is 69.0 Å². The molecule has 1 aromatic carbocycles. The van der Waals surface area contributed by atoms with Crippen LogP contribution in [0, 0.1) is 12.8 Å². The molecule has 0 radical (unpaired) electrons. The summed E-state index contributed by atoms with van der Waals surface area (Å²) in [7, 11) is 5.62. The molecule has 7 heteroatoms. The molecule has 30 heavy (non-hydrogen) atoms. The molecule has 0 bridgehead atoms. The van der Waals surface area contributed by atoms with Gasteiger partial charge in [0.2, 0.25) is 11.8 Å². The second-order valence-electron chi connectivity index (χ2n) is 9.13. The van der Waals surface area contributed by atoms with Crippen LogP contribution >= 0.6 is 0 Å². The van der Waals surface area contributed by atoms with E-state index in [9.17, 15) is 9.59 Å². The Hall–Kier alpha value is -1.96. The molecule has 7 nitrogen and oxygen atoms in total. The SMILES string of the molecule is COC1CC2C(CN1)CC(c1cc(NC(=O)C3CCCN3C)ccc1C)C(=O)N2C. The van der Waals surface area contributed by atoms with Crippen molar-refractivity contribution in [2.45, 2.75) is 56.8 Å². The minimum Gasteiger partial charge on any atom is -0.367 e. The summed E-state index contributed by atoms with van der Waals surface area (Å²) in [5, 5.41) is 6.52. The minimum absolute atomic E-state index is 0.00652. The average molecular weight is 415 g/mol. The van der Waals surface area contributed by atoms with Crippen molar-refractivity contribution in [3.8, 4) is 0 Å². The molecule has 4 rings (SSSR count). The number of benzene rings is 1. The van der Waals surface area contributed by atoms with E-state index in [4.69, 9.17) is 4.74 Å². The topological polar surface area (TPSA) is 73.9 Å². The molecule has 3 aliphatic rings. The highest BCUT2D eigenvalue weighted by Crippen LogP contribution is 2.39. The van der Waals surface area contributed by atoms with Crippen molar-refractivity contribution in [1.82, 2.24) is 15.1 Å². The monoisotopic (exact) mass is 414 g/mol. The smallest absolute Gasteiger partial charge is 0.241 e. The molecule has 5 atom stereocenters. The van der Waals surface area contributed by atoms with Crippen LogP contribution in [0.25, 0.3) is 0 Å². The number of amides is 2. The fourth-order valence-corrected chi connectivity index (χ4v) is 5.44. The number of carbonyl (C=O) groups excluding carboxylic acids is 2. The third kappa shape index (κ3) is 3.98. The summed E-state index contributed by atoms with van der Waals surface area (Å²) in [6, 6.07) is 6.10. The molecule has 1 aromatic rings. The van der Waals surface area contributed by atoms with Gasteiger partial charge in [0.15, 0.2) is 0 Å². The Balaban J connectivity index is 1.53. The Morgan fingerprint density at radius 1 is 1.27 bits per heavy atom. The first kappa shape index (κ1) is 21.3. The lowest BCUT2D eigenvalue weighted by atomic mass is 9.76. The fraction of sp³-hybridized carbons (Fsp3) is 0.652. The number of rotatable bonds is 4. The molecule has 5 unspecified atom stereocenters. The maximum atomic E-state index is 13.3. The van der Waals surface area contributed by atoms with Gasteiger partial charge in [-0.1, -0.05) is 6.07 Å². The predicted octanol–water partition coefficient (Wildman–Crippen LogP) is 1.92. The highest BCUT2D eigenvalue weighted by atomic mass is 16.5. The van der Waals surface area contributed by atoms with Crippen LogP contribution in [-0.4, -0.2) is 74.2 Å². The molecule has 2 N–H and O–H groups in total. The number of hydrogen-bond donors (Lipinski definition) is 2. The number of likely N-dealkylation sites (tertiary alicyclic amines) is 2. The number of anilines is 1. The van der Waals surface area contributed by atoms with Crippen LogP contribution in [0.3, 0.4) is 0 Å². The number of carbonyl (C=O) groups is 2. The summed E-state index contributed by atoms with van der Waals surface area (Å²) in [5.74, 6) is 0.422. The van der Waals surface area contributed by atoms with Crippen LogP contribution < -0.4 is 10.6 Å². The van der Waals surface area contributed by atoms with Gasteiger partial charge in [-0.2, -0.15) is 0 Å². The summed E-state index contributed by atoms with van der Waals surface area (Å²) in [6.07, 6.45) is 3.59. The summed E-state index contributed by atoms with van der Waals surface area (Å²) < 4.78 is 5.46. The lowest BCUT2D eigenvalue weighted by molar-refractivity contribution is -0.142. The Morgan fingerprint density at radius 3 is 2.77 bits per heavy atom. The third-order valence-electron chi connectivity index (χ3n) is 7.32. The lowest BCUT2D eigenvalue weighted by Crippen LogP contribution is -2.58. The van der Waals surface area contributed by atoms with Crippen molar-refractivity contribution in [1.29, 1.82) is 0 Å². The van der Waals surface area contributed by atoms with E-state index >= 15 is 0 Å². The van der Waals surface area contributed by atoms with E-state index in [1.807, 2.05) is 44.1 Å². The van der Waals surface area contributed by atoms with Gasteiger partial charge in [0.1, 0.15) is 6.23 Å². The first-order valence-electron chi connectivity index (χ1n) is 11.0. The second-order valence-corrected chi connectivity index (χ2v) is 9.13. The van der Waals surface area contributed by atoms with Gasteiger partial charge in [-0.15, -0.1) is 0 Å².